The summed E-state index contributed by atoms with van der Waals surface area (Å²) in [6, 6.07) is 17.3. The molecule has 29 heavy (non-hydrogen) atoms. The zero-order chi connectivity index (χ0) is 20.0. The molecule has 0 N–H and O–H groups in total. The third kappa shape index (κ3) is 2.91. The average molecular weight is 381 g/mol. The van der Waals surface area contributed by atoms with Crippen molar-refractivity contribution in [3.63, 3.8) is 0 Å². The fraction of sp³-hybridized carbons (Fsp3) is 0.308. The summed E-state index contributed by atoms with van der Waals surface area (Å²) >= 11 is 0. The summed E-state index contributed by atoms with van der Waals surface area (Å²) < 4.78 is 8.32. The molecule has 1 fully saturated rings. The van der Waals surface area contributed by atoms with E-state index < -0.39 is 0 Å². The minimum atomic E-state index is 0.490. The van der Waals surface area contributed by atoms with E-state index in [9.17, 15) is 5.26 Å². The van der Waals surface area contributed by atoms with Gasteiger partial charge in [-0.25, -0.2) is 4.57 Å². The maximum Gasteiger partial charge on any atom is 0.212 e. The molecule has 0 bridgehead atoms. The maximum absolute atomic E-state index is 10.1. The van der Waals surface area contributed by atoms with Crippen LogP contribution in [-0.4, -0.2) is 0 Å². The van der Waals surface area contributed by atoms with Gasteiger partial charge in [0.05, 0.1) is 5.56 Å². The number of hydrogen-bond donors (Lipinski definition) is 0. The number of benzene rings is 2. The Morgan fingerprint density at radius 2 is 1.86 bits per heavy atom. The summed E-state index contributed by atoms with van der Waals surface area (Å²) in [6.07, 6.45) is 8.25. The van der Waals surface area contributed by atoms with E-state index in [2.05, 4.69) is 67.2 Å². The van der Waals surface area contributed by atoms with Gasteiger partial charge in [-0.05, 0) is 61.1 Å². The van der Waals surface area contributed by atoms with E-state index in [0.717, 1.165) is 33.2 Å². The number of aryl methyl sites for hydroxylation is 2. The van der Waals surface area contributed by atoms with Crippen molar-refractivity contribution in [2.75, 3.05) is 0 Å². The number of furan rings is 1. The fourth-order valence-electron chi connectivity index (χ4n) is 4.99. The molecular formula is C26H25N2O+. The number of fused-ring (bicyclic) bond motifs is 3. The van der Waals surface area contributed by atoms with E-state index in [0.29, 0.717) is 5.92 Å². The summed E-state index contributed by atoms with van der Waals surface area (Å²) in [5.41, 5.74) is 7.18. The molecule has 5 rings (SSSR count). The molecule has 1 saturated carbocycles. The van der Waals surface area contributed by atoms with E-state index in [1.54, 1.807) is 0 Å². The molecule has 2 aromatic heterocycles. The van der Waals surface area contributed by atoms with Crippen LogP contribution in [0.5, 0.6) is 0 Å². The van der Waals surface area contributed by atoms with E-state index in [1.165, 1.54) is 48.8 Å². The summed E-state index contributed by atoms with van der Waals surface area (Å²) in [5.74, 6) is 0.490. The van der Waals surface area contributed by atoms with Gasteiger partial charge < -0.3 is 4.42 Å². The topological polar surface area (TPSA) is 40.8 Å². The molecule has 144 valence electrons. The first-order valence-electron chi connectivity index (χ1n) is 10.5. The van der Waals surface area contributed by atoms with Crippen LogP contribution in [0.15, 0.2) is 53.1 Å². The minimum Gasteiger partial charge on any atom is -0.456 e. The fourth-order valence-corrected chi connectivity index (χ4v) is 4.99. The molecule has 3 heteroatoms. The van der Waals surface area contributed by atoms with Gasteiger partial charge in [0.15, 0.2) is 6.20 Å². The molecule has 4 aromatic rings. The van der Waals surface area contributed by atoms with Crippen molar-refractivity contribution in [3.05, 3.63) is 65.4 Å². The van der Waals surface area contributed by atoms with Crippen molar-refractivity contribution in [2.24, 2.45) is 7.05 Å². The van der Waals surface area contributed by atoms with Gasteiger partial charge in [0.1, 0.15) is 24.3 Å². The van der Waals surface area contributed by atoms with Crippen molar-refractivity contribution in [3.8, 4) is 17.3 Å². The lowest BCUT2D eigenvalue weighted by Crippen LogP contribution is -2.30. The molecule has 0 unspecified atom stereocenters. The Hall–Kier alpha value is -3.12. The molecule has 0 spiro atoms. The van der Waals surface area contributed by atoms with Gasteiger partial charge in [0, 0.05) is 28.5 Å². The number of nitriles is 1. The second-order valence-corrected chi connectivity index (χ2v) is 8.31. The first-order valence-corrected chi connectivity index (χ1v) is 10.5. The van der Waals surface area contributed by atoms with Gasteiger partial charge >= 0.3 is 0 Å². The van der Waals surface area contributed by atoms with Gasteiger partial charge in [-0.2, -0.15) is 5.26 Å². The predicted molar refractivity (Wildman–Crippen MR) is 116 cm³/mol. The summed E-state index contributed by atoms with van der Waals surface area (Å²) in [6.45, 7) is 2.12. The van der Waals surface area contributed by atoms with Crippen LogP contribution in [0.25, 0.3) is 33.2 Å². The molecule has 0 atom stereocenters. The molecule has 2 heterocycles. The van der Waals surface area contributed by atoms with Crippen LogP contribution >= 0.6 is 0 Å². The van der Waals surface area contributed by atoms with Crippen LogP contribution in [0.1, 0.15) is 54.7 Å². The second kappa shape index (κ2) is 7.04. The Morgan fingerprint density at radius 3 is 2.62 bits per heavy atom. The Morgan fingerprint density at radius 1 is 1.03 bits per heavy atom. The molecule has 0 saturated heterocycles. The van der Waals surface area contributed by atoms with Gasteiger partial charge in [0.25, 0.3) is 0 Å². The smallest absolute Gasteiger partial charge is 0.212 e. The van der Waals surface area contributed by atoms with Crippen LogP contribution in [0.2, 0.25) is 0 Å². The summed E-state index contributed by atoms with van der Waals surface area (Å²) in [5, 5.41) is 12.1. The molecule has 0 radical (unpaired) electrons. The van der Waals surface area contributed by atoms with Crippen molar-refractivity contribution in [2.45, 2.75) is 44.9 Å². The van der Waals surface area contributed by atoms with Crippen molar-refractivity contribution >= 4 is 21.9 Å². The van der Waals surface area contributed by atoms with Crippen LogP contribution in [-0.2, 0) is 7.05 Å². The first-order chi connectivity index (χ1) is 14.2. The number of hydrogen-bond acceptors (Lipinski definition) is 2. The number of nitrogens with zero attached hydrogens (tertiary/aromatic N) is 2. The van der Waals surface area contributed by atoms with Crippen molar-refractivity contribution in [1.82, 2.24) is 0 Å². The van der Waals surface area contributed by atoms with Gasteiger partial charge in [-0.3, -0.25) is 0 Å². The Balaban J connectivity index is 1.79. The minimum absolute atomic E-state index is 0.490. The van der Waals surface area contributed by atoms with Gasteiger partial charge in [-0.15, -0.1) is 0 Å². The number of rotatable bonds is 2. The molecule has 0 amide bonds. The van der Waals surface area contributed by atoms with Crippen LogP contribution in [0, 0.1) is 18.3 Å². The highest BCUT2D eigenvalue weighted by molar-refractivity contribution is 6.09. The molecule has 2 aromatic carbocycles. The average Bonchev–Trinajstić information content (AvgIpc) is 3.11. The van der Waals surface area contributed by atoms with Gasteiger partial charge in [-0.1, -0.05) is 25.3 Å². The third-order valence-corrected chi connectivity index (χ3v) is 6.50. The highest BCUT2D eigenvalue weighted by Crippen LogP contribution is 2.41. The second-order valence-electron chi connectivity index (χ2n) is 8.31. The molecular weight excluding hydrogens is 356 g/mol. The Bertz CT molecular complexity index is 1270. The summed E-state index contributed by atoms with van der Waals surface area (Å²) in [4.78, 5) is 0. The summed E-state index contributed by atoms with van der Waals surface area (Å²) in [7, 11) is 2.06. The van der Waals surface area contributed by atoms with Crippen LogP contribution < -0.4 is 4.57 Å². The van der Waals surface area contributed by atoms with E-state index in [1.807, 2.05) is 6.07 Å². The quantitative estimate of drug-likeness (QED) is 0.382. The lowest BCUT2D eigenvalue weighted by molar-refractivity contribution is -0.660. The first kappa shape index (κ1) is 17.9. The normalized spacial score (nSPS) is 15.1. The van der Waals surface area contributed by atoms with E-state index in [4.69, 9.17) is 4.42 Å². The molecule has 1 aliphatic carbocycles. The van der Waals surface area contributed by atoms with Crippen LogP contribution in [0.3, 0.4) is 0 Å². The number of aromatic nitrogens is 1. The van der Waals surface area contributed by atoms with E-state index in [-0.39, 0.29) is 0 Å². The van der Waals surface area contributed by atoms with E-state index >= 15 is 0 Å². The largest absolute Gasteiger partial charge is 0.456 e. The standard InChI is InChI=1S/C26H25N2O/c1-17-14-25-21(15-20(17)23-10-6-7-13-28(23)2)26-22(16-27)19(11-12-24(26)29-25)18-8-4-3-5-9-18/h6-7,10-15,18H,3-5,8-9H2,1-2H3/q+1. The highest BCUT2D eigenvalue weighted by Gasteiger charge is 2.23. The maximum atomic E-state index is 10.1. The van der Waals surface area contributed by atoms with Crippen molar-refractivity contribution < 1.29 is 8.98 Å². The zero-order valence-electron chi connectivity index (χ0n) is 17.0. The lowest BCUT2D eigenvalue weighted by Gasteiger charge is -2.23. The highest BCUT2D eigenvalue weighted by atomic mass is 16.3. The Kier molecular flexibility index (Phi) is 4.36. The Labute approximate surface area is 171 Å². The molecule has 1 aliphatic rings. The van der Waals surface area contributed by atoms with Gasteiger partial charge in [0.2, 0.25) is 5.69 Å². The monoisotopic (exact) mass is 381 g/mol. The van der Waals surface area contributed by atoms with Crippen LogP contribution in [0.4, 0.5) is 0 Å². The molecule has 0 aliphatic heterocycles. The predicted octanol–water partition coefficient (Wildman–Crippen LogP) is 6.31. The van der Waals surface area contributed by atoms with Crippen molar-refractivity contribution in [1.29, 1.82) is 5.26 Å². The zero-order valence-corrected chi connectivity index (χ0v) is 17.0. The number of pyridine rings is 1. The third-order valence-electron chi connectivity index (χ3n) is 6.50. The lowest BCUT2D eigenvalue weighted by atomic mass is 9.81. The SMILES string of the molecule is Cc1cc2oc3ccc(C4CCCCC4)c(C#N)c3c2cc1-c1cccc[n+]1C. The molecule has 3 nitrogen and oxygen atoms in total.